The Bertz CT molecular complexity index is 520. The van der Waals surface area contributed by atoms with Crippen molar-refractivity contribution in [2.24, 2.45) is 5.73 Å². The molecule has 0 aromatic heterocycles. The summed E-state index contributed by atoms with van der Waals surface area (Å²) in [5.41, 5.74) is 6.96. The second kappa shape index (κ2) is 9.04. The van der Waals surface area contributed by atoms with E-state index in [2.05, 4.69) is 41.4 Å². The Labute approximate surface area is 157 Å². The smallest absolute Gasteiger partial charge is 0.240 e. The van der Waals surface area contributed by atoms with Crippen LogP contribution < -0.4 is 11.1 Å². The molecule has 2 fully saturated rings. The zero-order valence-electron chi connectivity index (χ0n) is 14.2. The summed E-state index contributed by atoms with van der Waals surface area (Å²) in [4.78, 5) is 14.9. The first kappa shape index (κ1) is 21.2. The molecule has 2 unspecified atom stereocenters. The summed E-state index contributed by atoms with van der Waals surface area (Å²) in [6, 6.07) is 11.2. The van der Waals surface area contributed by atoms with Crippen LogP contribution in [0.4, 0.5) is 0 Å². The lowest BCUT2D eigenvalue weighted by atomic mass is 9.97. The van der Waals surface area contributed by atoms with Gasteiger partial charge in [-0.05, 0) is 31.7 Å². The molecule has 136 valence electrons. The number of hydrogen-bond donors (Lipinski definition) is 2. The first-order valence-electron chi connectivity index (χ1n) is 8.45. The lowest BCUT2D eigenvalue weighted by Crippen LogP contribution is -2.54. The first-order valence-corrected chi connectivity index (χ1v) is 8.45. The molecule has 24 heavy (non-hydrogen) atoms. The fourth-order valence-electron chi connectivity index (χ4n) is 3.80. The summed E-state index contributed by atoms with van der Waals surface area (Å²) in [5, 5.41) is 3.20. The molecule has 0 bridgehead atoms. The third kappa shape index (κ3) is 4.85. The summed E-state index contributed by atoms with van der Waals surface area (Å²) >= 11 is 0. The molecule has 3 N–H and O–H groups in total. The molecule has 4 nitrogen and oxygen atoms in total. The van der Waals surface area contributed by atoms with Crippen molar-refractivity contribution in [2.45, 2.75) is 63.2 Å². The normalized spacial score (nSPS) is 25.6. The minimum Gasteiger partial charge on any atom is -0.350 e. The van der Waals surface area contributed by atoms with Gasteiger partial charge in [0.25, 0.3) is 0 Å². The van der Waals surface area contributed by atoms with E-state index in [1.165, 1.54) is 5.56 Å². The Morgan fingerprint density at radius 2 is 1.88 bits per heavy atom. The quantitative estimate of drug-likeness (QED) is 0.852. The molecular formula is C18H29Cl2N3O. The Hall–Kier alpha value is -0.810. The van der Waals surface area contributed by atoms with Gasteiger partial charge in [-0.15, -0.1) is 24.8 Å². The van der Waals surface area contributed by atoms with Crippen molar-refractivity contribution in [3.8, 4) is 0 Å². The molecule has 1 saturated carbocycles. The third-order valence-corrected chi connectivity index (χ3v) is 5.22. The van der Waals surface area contributed by atoms with Crippen LogP contribution in [0.5, 0.6) is 0 Å². The first-order chi connectivity index (χ1) is 10.6. The summed E-state index contributed by atoms with van der Waals surface area (Å²) in [6.07, 6.45) is 4.81. The van der Waals surface area contributed by atoms with Crippen LogP contribution in [0, 0.1) is 0 Å². The number of nitrogens with one attached hydrogen (secondary N) is 1. The molecule has 1 amide bonds. The van der Waals surface area contributed by atoms with Gasteiger partial charge in [0, 0.05) is 25.2 Å². The minimum atomic E-state index is -0.615. The molecule has 1 aliphatic carbocycles. The Kier molecular flexibility index (Phi) is 8.00. The van der Waals surface area contributed by atoms with Crippen molar-refractivity contribution in [2.75, 3.05) is 6.54 Å². The number of nitrogens with two attached hydrogens (primary N) is 1. The van der Waals surface area contributed by atoms with Crippen LogP contribution in [0.1, 0.15) is 44.6 Å². The van der Waals surface area contributed by atoms with Crippen LogP contribution in [0.15, 0.2) is 30.3 Å². The molecule has 2 atom stereocenters. The second-order valence-electron chi connectivity index (χ2n) is 7.03. The number of carbonyl (C=O) groups is 1. The SMILES string of the molecule is CC1CC(NC(=O)C2(N)CCCC2)CN1Cc1ccccc1.Cl.Cl. The molecule has 3 rings (SSSR count). The zero-order valence-corrected chi connectivity index (χ0v) is 15.9. The maximum atomic E-state index is 12.4. The van der Waals surface area contributed by atoms with E-state index in [1.807, 2.05) is 6.07 Å². The number of likely N-dealkylation sites (tertiary alicyclic amines) is 1. The van der Waals surface area contributed by atoms with Crippen molar-refractivity contribution in [3.63, 3.8) is 0 Å². The van der Waals surface area contributed by atoms with Crippen molar-refractivity contribution >= 4 is 30.7 Å². The van der Waals surface area contributed by atoms with Crippen LogP contribution >= 0.6 is 24.8 Å². The van der Waals surface area contributed by atoms with Gasteiger partial charge >= 0.3 is 0 Å². The molecule has 1 aromatic carbocycles. The van der Waals surface area contributed by atoms with E-state index < -0.39 is 5.54 Å². The number of halogens is 2. The van der Waals surface area contributed by atoms with Gasteiger partial charge in [-0.25, -0.2) is 0 Å². The van der Waals surface area contributed by atoms with Gasteiger partial charge in [0.15, 0.2) is 0 Å². The minimum absolute atomic E-state index is 0. The summed E-state index contributed by atoms with van der Waals surface area (Å²) in [6.45, 7) is 4.10. The number of benzene rings is 1. The Morgan fingerprint density at radius 3 is 2.50 bits per heavy atom. The number of nitrogens with zero attached hydrogens (tertiary/aromatic N) is 1. The molecule has 1 heterocycles. The van der Waals surface area contributed by atoms with E-state index in [0.29, 0.717) is 6.04 Å². The van der Waals surface area contributed by atoms with Crippen molar-refractivity contribution in [1.29, 1.82) is 0 Å². The molecule has 1 aromatic rings. The van der Waals surface area contributed by atoms with E-state index in [1.54, 1.807) is 0 Å². The number of rotatable bonds is 4. The van der Waals surface area contributed by atoms with Crippen LogP contribution in [-0.2, 0) is 11.3 Å². The van der Waals surface area contributed by atoms with Gasteiger partial charge < -0.3 is 11.1 Å². The predicted molar refractivity (Wildman–Crippen MR) is 103 cm³/mol. The highest BCUT2D eigenvalue weighted by Gasteiger charge is 2.39. The van der Waals surface area contributed by atoms with Crippen LogP contribution in [-0.4, -0.2) is 35.0 Å². The average molecular weight is 374 g/mol. The summed E-state index contributed by atoms with van der Waals surface area (Å²) in [7, 11) is 0. The molecule has 1 saturated heterocycles. The van der Waals surface area contributed by atoms with Gasteiger partial charge in [0.05, 0.1) is 5.54 Å². The molecule has 0 radical (unpaired) electrons. The fraction of sp³-hybridized carbons (Fsp3) is 0.611. The summed E-state index contributed by atoms with van der Waals surface area (Å²) in [5.74, 6) is 0.0590. The van der Waals surface area contributed by atoms with Gasteiger partial charge in [-0.3, -0.25) is 9.69 Å². The van der Waals surface area contributed by atoms with Crippen molar-refractivity contribution in [3.05, 3.63) is 35.9 Å². The molecule has 0 spiro atoms. The Balaban J connectivity index is 0.00000144. The molecular weight excluding hydrogens is 345 g/mol. The highest BCUT2D eigenvalue weighted by Crippen LogP contribution is 2.28. The van der Waals surface area contributed by atoms with Gasteiger partial charge in [0.2, 0.25) is 5.91 Å². The van der Waals surface area contributed by atoms with Gasteiger partial charge in [0.1, 0.15) is 0 Å². The maximum absolute atomic E-state index is 12.4. The average Bonchev–Trinajstić information content (AvgIpc) is 3.08. The van der Waals surface area contributed by atoms with Crippen LogP contribution in [0.25, 0.3) is 0 Å². The number of amides is 1. The molecule has 1 aliphatic heterocycles. The van der Waals surface area contributed by atoms with Crippen molar-refractivity contribution in [1.82, 2.24) is 10.2 Å². The van der Waals surface area contributed by atoms with Crippen LogP contribution in [0.2, 0.25) is 0 Å². The monoisotopic (exact) mass is 373 g/mol. The topological polar surface area (TPSA) is 58.4 Å². The lowest BCUT2D eigenvalue weighted by molar-refractivity contribution is -0.126. The zero-order chi connectivity index (χ0) is 15.6. The number of hydrogen-bond acceptors (Lipinski definition) is 3. The van der Waals surface area contributed by atoms with Crippen molar-refractivity contribution < 1.29 is 4.79 Å². The lowest BCUT2D eigenvalue weighted by Gasteiger charge is -2.25. The van der Waals surface area contributed by atoms with E-state index in [0.717, 1.165) is 45.2 Å². The molecule has 2 aliphatic rings. The standard InChI is InChI=1S/C18H27N3O.2ClH/c1-14-11-16(20-17(22)18(19)9-5-6-10-18)13-21(14)12-15-7-3-2-4-8-15;;/h2-4,7-8,14,16H,5-6,9-13,19H2,1H3,(H,20,22);2*1H. The van der Waals surface area contributed by atoms with E-state index >= 15 is 0 Å². The van der Waals surface area contributed by atoms with E-state index in [-0.39, 0.29) is 36.8 Å². The van der Waals surface area contributed by atoms with E-state index in [9.17, 15) is 4.79 Å². The highest BCUT2D eigenvalue weighted by atomic mass is 35.5. The van der Waals surface area contributed by atoms with Gasteiger partial charge in [-0.2, -0.15) is 0 Å². The molecule has 6 heteroatoms. The van der Waals surface area contributed by atoms with Crippen LogP contribution in [0.3, 0.4) is 0 Å². The predicted octanol–water partition coefficient (Wildman–Crippen LogP) is 2.88. The van der Waals surface area contributed by atoms with Gasteiger partial charge in [-0.1, -0.05) is 43.2 Å². The Morgan fingerprint density at radius 1 is 1.25 bits per heavy atom. The summed E-state index contributed by atoms with van der Waals surface area (Å²) < 4.78 is 0. The number of carbonyl (C=O) groups excluding carboxylic acids is 1. The third-order valence-electron chi connectivity index (χ3n) is 5.22. The largest absolute Gasteiger partial charge is 0.350 e. The maximum Gasteiger partial charge on any atom is 0.240 e. The van der Waals surface area contributed by atoms with E-state index in [4.69, 9.17) is 5.73 Å². The highest BCUT2D eigenvalue weighted by molar-refractivity contribution is 5.86. The second-order valence-corrected chi connectivity index (χ2v) is 7.03. The fourth-order valence-corrected chi connectivity index (χ4v) is 3.80.